The van der Waals surface area contributed by atoms with Crippen molar-refractivity contribution in [1.29, 1.82) is 0 Å². The molecular formula is C19H12O5. The van der Waals surface area contributed by atoms with Gasteiger partial charge in [-0.15, -0.1) is 0 Å². The summed E-state index contributed by atoms with van der Waals surface area (Å²) in [5, 5.41) is 0.665. The highest BCUT2D eigenvalue weighted by Crippen LogP contribution is 2.19. The summed E-state index contributed by atoms with van der Waals surface area (Å²) >= 11 is 0. The van der Waals surface area contributed by atoms with Crippen LogP contribution in [0.25, 0.3) is 17.0 Å². The molecule has 0 unspecified atom stereocenters. The largest absolute Gasteiger partial charge is 0.428 e. The molecule has 0 aliphatic carbocycles. The van der Waals surface area contributed by atoms with Gasteiger partial charge >= 0.3 is 5.63 Å². The first-order valence-corrected chi connectivity index (χ1v) is 7.13. The van der Waals surface area contributed by atoms with Crippen LogP contribution in [0.15, 0.2) is 69.9 Å². The first-order chi connectivity index (χ1) is 11.7. The number of hydrogen-bond acceptors (Lipinski definition) is 5. The Bertz CT molecular complexity index is 998. The normalized spacial score (nSPS) is 10.8. The summed E-state index contributed by atoms with van der Waals surface area (Å²) in [5.41, 5.74) is 0.218. The van der Waals surface area contributed by atoms with Crippen molar-refractivity contribution in [3.8, 4) is 5.75 Å². The lowest BCUT2D eigenvalue weighted by atomic mass is 10.1. The third-order valence-electron chi connectivity index (χ3n) is 3.42. The van der Waals surface area contributed by atoms with Crippen LogP contribution in [0.4, 0.5) is 0 Å². The van der Waals surface area contributed by atoms with E-state index < -0.39 is 11.4 Å². The molecule has 5 heteroatoms. The second-order valence-corrected chi connectivity index (χ2v) is 4.93. The van der Waals surface area contributed by atoms with Gasteiger partial charge in [-0.25, -0.2) is 4.79 Å². The molecule has 5 nitrogen and oxygen atoms in total. The Morgan fingerprint density at radius 1 is 1.04 bits per heavy atom. The van der Waals surface area contributed by atoms with Crippen LogP contribution in [-0.4, -0.2) is 12.3 Å². The number of para-hydroxylation sites is 2. The van der Waals surface area contributed by atoms with Crippen LogP contribution in [0.3, 0.4) is 0 Å². The zero-order valence-electron chi connectivity index (χ0n) is 12.5. The fourth-order valence-corrected chi connectivity index (χ4v) is 2.27. The smallest absolute Gasteiger partial charge is 0.347 e. The molecule has 3 rings (SSSR count). The molecule has 24 heavy (non-hydrogen) atoms. The molecule has 1 aromatic heterocycles. The predicted octanol–water partition coefficient (Wildman–Crippen LogP) is 3.22. The van der Waals surface area contributed by atoms with E-state index in [9.17, 15) is 14.4 Å². The molecule has 1 heterocycles. The van der Waals surface area contributed by atoms with Crippen molar-refractivity contribution in [3.05, 3.63) is 82.2 Å². The molecule has 0 amide bonds. The molecule has 0 radical (unpaired) electrons. The lowest BCUT2D eigenvalue weighted by Gasteiger charge is -2.02. The Labute approximate surface area is 136 Å². The van der Waals surface area contributed by atoms with E-state index >= 15 is 0 Å². The van der Waals surface area contributed by atoms with Crippen molar-refractivity contribution >= 4 is 29.3 Å². The molecule has 0 N–H and O–H groups in total. The molecule has 2 aromatic carbocycles. The lowest BCUT2D eigenvalue weighted by molar-refractivity contribution is -0.120. The summed E-state index contributed by atoms with van der Waals surface area (Å²) in [4.78, 5) is 34.7. The Morgan fingerprint density at radius 3 is 2.62 bits per heavy atom. The fourth-order valence-electron chi connectivity index (χ4n) is 2.27. The number of allylic oxidation sites excluding steroid dienone is 1. The van der Waals surface area contributed by atoms with Crippen molar-refractivity contribution in [2.24, 2.45) is 0 Å². The Hall–Kier alpha value is -3.47. The van der Waals surface area contributed by atoms with Gasteiger partial charge in [0.25, 0.3) is 6.47 Å². The summed E-state index contributed by atoms with van der Waals surface area (Å²) in [7, 11) is 0. The van der Waals surface area contributed by atoms with Gasteiger partial charge in [-0.05, 0) is 30.4 Å². The van der Waals surface area contributed by atoms with Gasteiger partial charge in [0.1, 0.15) is 16.9 Å². The summed E-state index contributed by atoms with van der Waals surface area (Å²) in [6.45, 7) is 0.312. The Kier molecular flexibility index (Phi) is 4.34. The third kappa shape index (κ3) is 3.15. The number of carbonyl (C=O) groups excluding carboxylic acids is 2. The van der Waals surface area contributed by atoms with Crippen LogP contribution >= 0.6 is 0 Å². The minimum atomic E-state index is -0.694. The second-order valence-electron chi connectivity index (χ2n) is 4.93. The summed E-state index contributed by atoms with van der Waals surface area (Å²) < 4.78 is 9.98. The van der Waals surface area contributed by atoms with E-state index in [1.54, 1.807) is 48.5 Å². The average molecular weight is 320 g/mol. The monoisotopic (exact) mass is 320 g/mol. The van der Waals surface area contributed by atoms with E-state index in [0.717, 1.165) is 0 Å². The summed E-state index contributed by atoms with van der Waals surface area (Å²) in [5.74, 6) is -0.169. The van der Waals surface area contributed by atoms with Crippen LogP contribution in [0.1, 0.15) is 15.9 Å². The van der Waals surface area contributed by atoms with Gasteiger partial charge in [0.15, 0.2) is 5.78 Å². The van der Waals surface area contributed by atoms with Crippen molar-refractivity contribution < 1.29 is 18.7 Å². The van der Waals surface area contributed by atoms with Crippen LogP contribution in [0, 0.1) is 0 Å². The number of rotatable bonds is 5. The number of carbonyl (C=O) groups is 2. The van der Waals surface area contributed by atoms with Gasteiger partial charge in [-0.3, -0.25) is 9.59 Å². The van der Waals surface area contributed by atoms with Gasteiger partial charge < -0.3 is 9.15 Å². The molecule has 0 aliphatic rings. The lowest BCUT2D eigenvalue weighted by Crippen LogP contribution is -2.11. The number of hydrogen-bond donors (Lipinski definition) is 0. The maximum atomic E-state index is 12.3. The SMILES string of the molecule is O=COc1ccccc1/C=C/C(=O)c1cc2ccccc2oc1=O. The van der Waals surface area contributed by atoms with E-state index in [1.807, 2.05) is 0 Å². The standard InChI is InChI=1S/C19H12O5/c20-12-23-17-7-3-1-5-13(17)9-10-16(21)15-11-14-6-2-4-8-18(14)24-19(15)22/h1-12H/b10-9+. The van der Waals surface area contributed by atoms with Gasteiger partial charge in [0, 0.05) is 10.9 Å². The molecule has 3 aromatic rings. The number of benzene rings is 2. The number of fused-ring (bicyclic) bond motifs is 1. The minimum absolute atomic E-state index is 0.0567. The molecule has 0 aliphatic heterocycles. The molecule has 0 saturated heterocycles. The fraction of sp³-hybridized carbons (Fsp3) is 0. The highest BCUT2D eigenvalue weighted by atomic mass is 16.5. The summed E-state index contributed by atoms with van der Waals surface area (Å²) in [6, 6.07) is 15.2. The van der Waals surface area contributed by atoms with E-state index in [-0.39, 0.29) is 5.56 Å². The van der Waals surface area contributed by atoms with E-state index in [1.165, 1.54) is 18.2 Å². The Morgan fingerprint density at radius 2 is 1.79 bits per heavy atom. The maximum absolute atomic E-state index is 12.3. The topological polar surface area (TPSA) is 73.6 Å². The zero-order valence-corrected chi connectivity index (χ0v) is 12.5. The van der Waals surface area contributed by atoms with Gasteiger partial charge in [-0.1, -0.05) is 36.4 Å². The average Bonchev–Trinajstić information content (AvgIpc) is 2.60. The highest BCUT2D eigenvalue weighted by molar-refractivity contribution is 6.07. The number of ether oxygens (including phenoxy) is 1. The van der Waals surface area contributed by atoms with Crippen LogP contribution in [-0.2, 0) is 4.79 Å². The quantitative estimate of drug-likeness (QED) is 0.312. The highest BCUT2D eigenvalue weighted by Gasteiger charge is 2.11. The van der Waals surface area contributed by atoms with Gasteiger partial charge in [0.2, 0.25) is 0 Å². The van der Waals surface area contributed by atoms with Crippen LogP contribution in [0.5, 0.6) is 5.75 Å². The van der Waals surface area contributed by atoms with Crippen LogP contribution < -0.4 is 10.4 Å². The molecule has 118 valence electrons. The van der Waals surface area contributed by atoms with Crippen molar-refractivity contribution in [1.82, 2.24) is 0 Å². The summed E-state index contributed by atoms with van der Waals surface area (Å²) in [6.07, 6.45) is 2.73. The van der Waals surface area contributed by atoms with Gasteiger partial charge in [-0.2, -0.15) is 0 Å². The molecule has 0 saturated carbocycles. The molecule has 0 fully saturated rings. The third-order valence-corrected chi connectivity index (χ3v) is 3.42. The van der Waals surface area contributed by atoms with Crippen molar-refractivity contribution in [2.75, 3.05) is 0 Å². The zero-order chi connectivity index (χ0) is 16.9. The first-order valence-electron chi connectivity index (χ1n) is 7.13. The second kappa shape index (κ2) is 6.75. The van der Waals surface area contributed by atoms with E-state index in [2.05, 4.69) is 0 Å². The van der Waals surface area contributed by atoms with E-state index in [0.29, 0.717) is 28.8 Å². The van der Waals surface area contributed by atoms with Crippen molar-refractivity contribution in [2.45, 2.75) is 0 Å². The van der Waals surface area contributed by atoms with E-state index in [4.69, 9.17) is 9.15 Å². The maximum Gasteiger partial charge on any atom is 0.347 e. The molecule has 0 spiro atoms. The molecule has 0 atom stereocenters. The predicted molar refractivity (Wildman–Crippen MR) is 89.0 cm³/mol. The molecule has 0 bridgehead atoms. The van der Waals surface area contributed by atoms with Gasteiger partial charge in [0.05, 0.1) is 0 Å². The first kappa shape index (κ1) is 15.4. The number of ketones is 1. The van der Waals surface area contributed by atoms with Crippen molar-refractivity contribution in [3.63, 3.8) is 0 Å². The molecular weight excluding hydrogens is 308 g/mol. The Balaban J connectivity index is 1.94. The minimum Gasteiger partial charge on any atom is -0.428 e. The van der Waals surface area contributed by atoms with Crippen LogP contribution in [0.2, 0.25) is 0 Å².